The third-order valence-corrected chi connectivity index (χ3v) is 3.66. The molecule has 1 aliphatic rings. The SMILES string of the molecule is COc1cc(O)c2c(c1)OC[C@H](c1ccc(O)c(O)c1)C2=O. The summed E-state index contributed by atoms with van der Waals surface area (Å²) in [6.07, 6.45) is 0. The standard InChI is InChI=1S/C16H14O6/c1-21-9-5-13(19)15-14(6-9)22-7-10(16(15)20)8-2-3-11(17)12(18)4-8/h2-6,10,17-19H,7H2,1H3/t10-/m1/s1. The lowest BCUT2D eigenvalue weighted by atomic mass is 9.88. The zero-order valence-corrected chi connectivity index (χ0v) is 11.7. The Labute approximate surface area is 126 Å². The van der Waals surface area contributed by atoms with Gasteiger partial charge in [-0.1, -0.05) is 6.07 Å². The van der Waals surface area contributed by atoms with Gasteiger partial charge in [0.15, 0.2) is 17.3 Å². The lowest BCUT2D eigenvalue weighted by Gasteiger charge is -2.25. The molecule has 0 saturated carbocycles. The number of hydrogen-bond acceptors (Lipinski definition) is 6. The number of phenolic OH excluding ortho intramolecular Hbond substituents is 3. The first kappa shape index (κ1) is 14.1. The predicted molar refractivity (Wildman–Crippen MR) is 77.0 cm³/mol. The van der Waals surface area contributed by atoms with E-state index in [-0.39, 0.29) is 41.0 Å². The molecule has 0 aromatic heterocycles. The van der Waals surface area contributed by atoms with Crippen LogP contribution in [-0.4, -0.2) is 34.8 Å². The molecule has 0 aliphatic carbocycles. The number of fused-ring (bicyclic) bond motifs is 1. The van der Waals surface area contributed by atoms with E-state index in [1.807, 2.05) is 0 Å². The minimum Gasteiger partial charge on any atom is -0.507 e. The van der Waals surface area contributed by atoms with Gasteiger partial charge in [-0.05, 0) is 17.7 Å². The van der Waals surface area contributed by atoms with Gasteiger partial charge in [0.1, 0.15) is 29.4 Å². The highest BCUT2D eigenvalue weighted by atomic mass is 16.5. The Morgan fingerprint density at radius 1 is 1.09 bits per heavy atom. The minimum absolute atomic E-state index is 0.0721. The van der Waals surface area contributed by atoms with Gasteiger partial charge in [0, 0.05) is 12.1 Å². The maximum Gasteiger partial charge on any atom is 0.181 e. The molecular weight excluding hydrogens is 288 g/mol. The van der Waals surface area contributed by atoms with Crippen molar-refractivity contribution in [1.29, 1.82) is 0 Å². The van der Waals surface area contributed by atoms with Gasteiger partial charge in [0.05, 0.1) is 13.0 Å². The zero-order chi connectivity index (χ0) is 15.9. The van der Waals surface area contributed by atoms with Gasteiger partial charge in [0.2, 0.25) is 0 Å². The fourth-order valence-corrected chi connectivity index (χ4v) is 2.48. The van der Waals surface area contributed by atoms with Gasteiger partial charge < -0.3 is 24.8 Å². The highest BCUT2D eigenvalue weighted by Gasteiger charge is 2.33. The van der Waals surface area contributed by atoms with Crippen LogP contribution in [0.25, 0.3) is 0 Å². The minimum atomic E-state index is -0.668. The number of phenols is 3. The Morgan fingerprint density at radius 2 is 1.86 bits per heavy atom. The van der Waals surface area contributed by atoms with E-state index >= 15 is 0 Å². The Morgan fingerprint density at radius 3 is 2.55 bits per heavy atom. The summed E-state index contributed by atoms with van der Waals surface area (Å²) < 4.78 is 10.6. The van der Waals surface area contributed by atoms with Crippen LogP contribution in [0.2, 0.25) is 0 Å². The second-order valence-electron chi connectivity index (χ2n) is 5.00. The molecule has 3 N–H and O–H groups in total. The Hall–Kier alpha value is -2.89. The van der Waals surface area contributed by atoms with E-state index in [0.29, 0.717) is 11.3 Å². The third-order valence-electron chi connectivity index (χ3n) is 3.66. The summed E-state index contributed by atoms with van der Waals surface area (Å²) in [6.45, 7) is 0.0721. The maximum atomic E-state index is 12.6. The van der Waals surface area contributed by atoms with E-state index in [0.717, 1.165) is 0 Å². The van der Waals surface area contributed by atoms with Crippen molar-refractivity contribution >= 4 is 5.78 Å². The van der Waals surface area contributed by atoms with Crippen molar-refractivity contribution in [2.75, 3.05) is 13.7 Å². The third kappa shape index (κ3) is 2.18. The van der Waals surface area contributed by atoms with E-state index in [9.17, 15) is 20.1 Å². The zero-order valence-electron chi connectivity index (χ0n) is 11.7. The van der Waals surface area contributed by atoms with Crippen LogP contribution < -0.4 is 9.47 Å². The smallest absolute Gasteiger partial charge is 0.181 e. The lowest BCUT2D eigenvalue weighted by Crippen LogP contribution is -2.26. The van der Waals surface area contributed by atoms with Gasteiger partial charge >= 0.3 is 0 Å². The summed E-state index contributed by atoms with van der Waals surface area (Å²) >= 11 is 0. The number of ether oxygens (including phenoxy) is 2. The molecule has 114 valence electrons. The average Bonchev–Trinajstić information content (AvgIpc) is 2.50. The van der Waals surface area contributed by atoms with Crippen LogP contribution in [-0.2, 0) is 0 Å². The van der Waals surface area contributed by atoms with Crippen molar-refractivity contribution in [1.82, 2.24) is 0 Å². The van der Waals surface area contributed by atoms with E-state index < -0.39 is 5.92 Å². The summed E-state index contributed by atoms with van der Waals surface area (Å²) in [4.78, 5) is 12.6. The van der Waals surface area contributed by atoms with Crippen molar-refractivity contribution in [3.8, 4) is 28.7 Å². The first-order valence-electron chi connectivity index (χ1n) is 6.61. The van der Waals surface area contributed by atoms with Crippen LogP contribution in [0.15, 0.2) is 30.3 Å². The molecule has 6 nitrogen and oxygen atoms in total. The highest BCUT2D eigenvalue weighted by molar-refractivity contribution is 6.06. The monoisotopic (exact) mass is 302 g/mol. The molecule has 6 heteroatoms. The highest BCUT2D eigenvalue weighted by Crippen LogP contribution is 2.41. The summed E-state index contributed by atoms with van der Waals surface area (Å²) in [5.74, 6) is -1.11. The molecule has 1 atom stereocenters. The van der Waals surface area contributed by atoms with Crippen molar-refractivity contribution in [3.63, 3.8) is 0 Å². The molecule has 1 heterocycles. The summed E-state index contributed by atoms with van der Waals surface area (Å²) in [7, 11) is 1.45. The quantitative estimate of drug-likeness (QED) is 0.736. The Balaban J connectivity index is 2.02. The number of carbonyl (C=O) groups is 1. The van der Waals surface area contributed by atoms with E-state index in [4.69, 9.17) is 9.47 Å². The maximum absolute atomic E-state index is 12.6. The molecule has 22 heavy (non-hydrogen) atoms. The molecule has 2 aromatic carbocycles. The van der Waals surface area contributed by atoms with Crippen molar-refractivity contribution in [2.45, 2.75) is 5.92 Å². The number of ketones is 1. The fraction of sp³-hybridized carbons (Fsp3) is 0.188. The number of methoxy groups -OCH3 is 1. The van der Waals surface area contributed by atoms with Crippen LogP contribution in [0, 0.1) is 0 Å². The number of Topliss-reactive ketones (excluding diaryl/α,β-unsaturated/α-hetero) is 1. The van der Waals surface area contributed by atoms with Crippen molar-refractivity contribution < 1.29 is 29.6 Å². The summed E-state index contributed by atoms with van der Waals surface area (Å²) in [5.41, 5.74) is 0.589. The van der Waals surface area contributed by atoms with Crippen LogP contribution >= 0.6 is 0 Å². The van der Waals surface area contributed by atoms with Crippen LogP contribution in [0.4, 0.5) is 0 Å². The number of hydrogen-bond donors (Lipinski definition) is 3. The topological polar surface area (TPSA) is 96.2 Å². The molecule has 0 unspecified atom stereocenters. The van der Waals surface area contributed by atoms with Crippen LogP contribution in [0.3, 0.4) is 0 Å². The molecule has 2 aromatic rings. The lowest BCUT2D eigenvalue weighted by molar-refractivity contribution is 0.0892. The largest absolute Gasteiger partial charge is 0.507 e. The molecule has 3 rings (SSSR count). The van der Waals surface area contributed by atoms with Crippen LogP contribution in [0.5, 0.6) is 28.7 Å². The molecule has 1 aliphatic heterocycles. The van der Waals surface area contributed by atoms with Gasteiger partial charge in [-0.2, -0.15) is 0 Å². The summed E-state index contributed by atoms with van der Waals surface area (Å²) in [5, 5.41) is 28.9. The summed E-state index contributed by atoms with van der Waals surface area (Å²) in [6, 6.07) is 7.04. The van der Waals surface area contributed by atoms with Crippen molar-refractivity contribution in [2.24, 2.45) is 0 Å². The normalized spacial score (nSPS) is 16.8. The number of benzene rings is 2. The average molecular weight is 302 g/mol. The van der Waals surface area contributed by atoms with Crippen LogP contribution in [0.1, 0.15) is 21.8 Å². The van der Waals surface area contributed by atoms with E-state index in [2.05, 4.69) is 0 Å². The van der Waals surface area contributed by atoms with E-state index in [1.54, 1.807) is 0 Å². The van der Waals surface area contributed by atoms with Crippen molar-refractivity contribution in [3.05, 3.63) is 41.5 Å². The molecule has 0 radical (unpaired) electrons. The molecular formula is C16H14O6. The molecule has 0 spiro atoms. The number of carbonyl (C=O) groups excluding carboxylic acids is 1. The second-order valence-corrected chi connectivity index (χ2v) is 5.00. The predicted octanol–water partition coefficient (Wildman–Crippen LogP) is 2.17. The number of rotatable bonds is 2. The Bertz CT molecular complexity index is 753. The molecule has 0 fully saturated rings. The van der Waals surface area contributed by atoms with Gasteiger partial charge in [-0.25, -0.2) is 0 Å². The van der Waals surface area contributed by atoms with Gasteiger partial charge in [-0.15, -0.1) is 0 Å². The number of aromatic hydroxyl groups is 3. The van der Waals surface area contributed by atoms with E-state index in [1.165, 1.54) is 37.4 Å². The fourth-order valence-electron chi connectivity index (χ4n) is 2.48. The molecule has 0 amide bonds. The first-order chi connectivity index (χ1) is 10.5. The van der Waals surface area contributed by atoms with Gasteiger partial charge in [-0.3, -0.25) is 4.79 Å². The molecule has 0 saturated heterocycles. The molecule has 0 bridgehead atoms. The second kappa shape index (κ2) is 5.14. The Kier molecular flexibility index (Phi) is 3.29. The first-order valence-corrected chi connectivity index (χ1v) is 6.61. The van der Waals surface area contributed by atoms with Gasteiger partial charge in [0.25, 0.3) is 0 Å².